The van der Waals surface area contributed by atoms with Gasteiger partial charge in [0, 0.05) is 11.6 Å². The van der Waals surface area contributed by atoms with Crippen LogP contribution in [0.4, 0.5) is 18.9 Å². The van der Waals surface area contributed by atoms with E-state index < -0.39 is 17.7 Å². The van der Waals surface area contributed by atoms with E-state index in [0.29, 0.717) is 0 Å². The monoisotopic (exact) mass is 281 g/mol. The molecule has 7 heteroatoms. The van der Waals surface area contributed by atoms with Crippen LogP contribution < -0.4 is 0 Å². The molecular formula is C12H6F3N3S. The van der Waals surface area contributed by atoms with Gasteiger partial charge in [0.1, 0.15) is 11.5 Å². The molecule has 0 fully saturated rings. The molecule has 0 N–H and O–H groups in total. The number of rotatable bonds is 2. The van der Waals surface area contributed by atoms with E-state index in [1.165, 1.54) is 19.1 Å². The fourth-order valence-electron chi connectivity index (χ4n) is 1.38. The Balaban J connectivity index is 2.54. The average Bonchev–Trinajstić information content (AvgIpc) is 2.38. The van der Waals surface area contributed by atoms with Gasteiger partial charge < -0.3 is 0 Å². The first-order valence-corrected chi connectivity index (χ1v) is 5.51. The largest absolute Gasteiger partial charge is 0.240 e. The third kappa shape index (κ3) is 2.67. The van der Waals surface area contributed by atoms with Crippen LogP contribution in [-0.4, -0.2) is 15.1 Å². The van der Waals surface area contributed by atoms with Crippen LogP contribution in [0.3, 0.4) is 0 Å². The van der Waals surface area contributed by atoms with Crippen LogP contribution in [0.15, 0.2) is 23.2 Å². The van der Waals surface area contributed by atoms with E-state index in [1.807, 2.05) is 5.16 Å². The first kappa shape index (κ1) is 13.3. The number of halogens is 3. The van der Waals surface area contributed by atoms with Crippen LogP contribution in [0.2, 0.25) is 0 Å². The van der Waals surface area contributed by atoms with Crippen LogP contribution in [0.1, 0.15) is 5.56 Å². The summed E-state index contributed by atoms with van der Waals surface area (Å²) in [6.45, 7) is 1.26. The van der Waals surface area contributed by atoms with E-state index in [4.69, 9.17) is 0 Å². The Morgan fingerprint density at radius 1 is 1.11 bits per heavy atom. The predicted molar refractivity (Wildman–Crippen MR) is 66.8 cm³/mol. The summed E-state index contributed by atoms with van der Waals surface area (Å²) in [5.41, 5.74) is -0.408. The molecule has 0 amide bonds. The van der Waals surface area contributed by atoms with E-state index in [-0.39, 0.29) is 22.6 Å². The molecule has 19 heavy (non-hydrogen) atoms. The summed E-state index contributed by atoms with van der Waals surface area (Å²) in [5, 5.41) is 2.00. The van der Waals surface area contributed by atoms with E-state index >= 15 is 0 Å². The van der Waals surface area contributed by atoms with Crippen molar-refractivity contribution in [3.05, 3.63) is 41.5 Å². The van der Waals surface area contributed by atoms with Crippen LogP contribution >= 0.6 is 12.2 Å². The van der Waals surface area contributed by atoms with Crippen LogP contribution in [0.5, 0.6) is 0 Å². The van der Waals surface area contributed by atoms with Gasteiger partial charge >= 0.3 is 0 Å². The first-order chi connectivity index (χ1) is 9.02. The van der Waals surface area contributed by atoms with Gasteiger partial charge in [-0.05, 0) is 31.3 Å². The Kier molecular flexibility index (Phi) is 3.69. The van der Waals surface area contributed by atoms with Crippen molar-refractivity contribution >= 4 is 23.1 Å². The van der Waals surface area contributed by atoms with Crippen molar-refractivity contribution in [3.63, 3.8) is 0 Å². The fourth-order valence-corrected chi connectivity index (χ4v) is 1.48. The van der Waals surface area contributed by atoms with Gasteiger partial charge in [0.15, 0.2) is 0 Å². The predicted octanol–water partition coefficient (Wildman–Crippen LogP) is 3.60. The molecule has 0 saturated heterocycles. The summed E-state index contributed by atoms with van der Waals surface area (Å²) in [6.07, 6.45) is 0. The van der Waals surface area contributed by atoms with Crippen molar-refractivity contribution in [1.82, 2.24) is 9.97 Å². The molecule has 0 aromatic carbocycles. The minimum atomic E-state index is -0.960. The molecule has 3 nitrogen and oxygen atoms in total. The molecule has 0 saturated carbocycles. The smallest absolute Gasteiger partial charge is 0.218 e. The number of aliphatic imine (C=N–C) groups is 1. The zero-order valence-corrected chi connectivity index (χ0v) is 10.4. The van der Waals surface area contributed by atoms with Crippen molar-refractivity contribution in [2.45, 2.75) is 6.92 Å². The Morgan fingerprint density at radius 3 is 2.37 bits per heavy atom. The number of aromatic nitrogens is 2. The molecule has 2 aromatic heterocycles. The molecule has 0 radical (unpaired) electrons. The van der Waals surface area contributed by atoms with Gasteiger partial charge in [0.25, 0.3) is 0 Å². The zero-order valence-electron chi connectivity index (χ0n) is 9.62. The topological polar surface area (TPSA) is 38.1 Å². The number of hydrogen-bond donors (Lipinski definition) is 0. The summed E-state index contributed by atoms with van der Waals surface area (Å²) in [6, 6.07) is 3.60. The minimum Gasteiger partial charge on any atom is -0.218 e. The maximum absolute atomic E-state index is 13.5. The second kappa shape index (κ2) is 5.26. The third-order valence-corrected chi connectivity index (χ3v) is 2.50. The lowest BCUT2D eigenvalue weighted by Crippen LogP contribution is -1.98. The van der Waals surface area contributed by atoms with E-state index in [9.17, 15) is 13.2 Å². The van der Waals surface area contributed by atoms with Crippen LogP contribution in [0.25, 0.3) is 11.4 Å². The summed E-state index contributed by atoms with van der Waals surface area (Å²) in [4.78, 5) is 10.5. The highest BCUT2D eigenvalue weighted by atomic mass is 32.1. The molecule has 0 unspecified atom stereocenters. The Hall–Kier alpha value is -2.11. The summed E-state index contributed by atoms with van der Waals surface area (Å²) < 4.78 is 40.2. The van der Waals surface area contributed by atoms with Gasteiger partial charge in [-0.3, -0.25) is 0 Å². The molecule has 96 valence electrons. The Labute approximate surface area is 111 Å². The molecule has 0 atom stereocenters. The number of pyridine rings is 2. The maximum Gasteiger partial charge on any atom is 0.240 e. The second-order valence-electron chi connectivity index (χ2n) is 3.61. The van der Waals surface area contributed by atoms with Gasteiger partial charge in [-0.15, -0.1) is 0 Å². The number of isothiocyanates is 1. The highest BCUT2D eigenvalue weighted by molar-refractivity contribution is 7.78. The lowest BCUT2D eigenvalue weighted by molar-refractivity contribution is 0.538. The van der Waals surface area contributed by atoms with Crippen LogP contribution in [-0.2, 0) is 0 Å². The second-order valence-corrected chi connectivity index (χ2v) is 3.80. The summed E-state index contributed by atoms with van der Waals surface area (Å²) >= 11 is 4.35. The van der Waals surface area contributed by atoms with Crippen molar-refractivity contribution in [3.8, 4) is 11.4 Å². The van der Waals surface area contributed by atoms with Crippen molar-refractivity contribution in [1.29, 1.82) is 0 Å². The van der Waals surface area contributed by atoms with Gasteiger partial charge in [-0.1, -0.05) is 0 Å². The fraction of sp³-hybridized carbons (Fsp3) is 0.0833. The number of nitrogens with zero attached hydrogens (tertiary/aromatic N) is 3. The lowest BCUT2D eigenvalue weighted by Gasteiger charge is -2.04. The van der Waals surface area contributed by atoms with E-state index in [0.717, 1.165) is 6.07 Å². The Morgan fingerprint density at radius 2 is 1.79 bits per heavy atom. The van der Waals surface area contributed by atoms with Crippen molar-refractivity contribution in [2.24, 2.45) is 4.99 Å². The lowest BCUT2D eigenvalue weighted by atomic mass is 10.2. The van der Waals surface area contributed by atoms with E-state index in [1.54, 1.807) is 0 Å². The van der Waals surface area contributed by atoms with Gasteiger partial charge in [0.05, 0.1) is 16.5 Å². The molecular weight excluding hydrogens is 275 g/mol. The van der Waals surface area contributed by atoms with Gasteiger partial charge in [-0.25, -0.2) is 14.4 Å². The molecule has 0 bridgehead atoms. The molecule has 0 spiro atoms. The maximum atomic E-state index is 13.5. The molecule has 0 aliphatic rings. The summed E-state index contributed by atoms with van der Waals surface area (Å²) in [7, 11) is 0. The molecule has 2 aromatic rings. The summed E-state index contributed by atoms with van der Waals surface area (Å²) in [5.74, 6) is -2.65. The highest BCUT2D eigenvalue weighted by Gasteiger charge is 2.12. The minimum absolute atomic E-state index is 0.00128. The number of thiocarbonyl (C=S) groups is 1. The van der Waals surface area contributed by atoms with Crippen molar-refractivity contribution in [2.75, 3.05) is 0 Å². The molecule has 2 heterocycles. The van der Waals surface area contributed by atoms with Crippen molar-refractivity contribution < 1.29 is 13.2 Å². The first-order valence-electron chi connectivity index (χ1n) is 5.10. The standard InChI is InChI=1S/C12H6F3N3S/c1-6-7(13)4-10(18-11(6)14)8-2-3-9(16-5-19)12(15)17-8/h2-4H,1H3. The third-order valence-electron chi connectivity index (χ3n) is 2.41. The highest BCUT2D eigenvalue weighted by Crippen LogP contribution is 2.23. The van der Waals surface area contributed by atoms with E-state index in [2.05, 4.69) is 27.2 Å². The molecule has 0 aliphatic heterocycles. The molecule has 2 rings (SSSR count). The molecule has 0 aliphatic carbocycles. The van der Waals surface area contributed by atoms with Gasteiger partial charge in [0.2, 0.25) is 11.9 Å². The zero-order chi connectivity index (χ0) is 14.0. The Bertz CT molecular complexity index is 674. The van der Waals surface area contributed by atoms with Gasteiger partial charge in [-0.2, -0.15) is 13.8 Å². The van der Waals surface area contributed by atoms with Crippen LogP contribution in [0, 0.1) is 24.6 Å². The quantitative estimate of drug-likeness (QED) is 0.479. The normalized spacial score (nSPS) is 10.1. The number of hydrogen-bond acceptors (Lipinski definition) is 4. The average molecular weight is 281 g/mol. The SMILES string of the molecule is Cc1c(F)cc(-c2ccc(N=C=S)c(F)n2)nc1F.